The number of amidine groups is 2. The van der Waals surface area contributed by atoms with Gasteiger partial charge in [-0.05, 0) is 43.0 Å². The maximum absolute atomic E-state index is 13.4. The fourth-order valence-corrected chi connectivity index (χ4v) is 5.07. The molecule has 0 saturated heterocycles. The molecule has 35 heavy (non-hydrogen) atoms. The number of benzene rings is 2. The Bertz CT molecular complexity index is 1190. The molecule has 1 N–H and O–H groups in total. The van der Waals surface area contributed by atoms with Crippen LogP contribution in [-0.2, 0) is 9.59 Å². The number of nitrogens with one attached hydrogen (secondary N) is 1. The van der Waals surface area contributed by atoms with Gasteiger partial charge in [-0.25, -0.2) is 9.89 Å². The number of rotatable bonds is 8. The van der Waals surface area contributed by atoms with Crippen molar-refractivity contribution in [2.75, 3.05) is 19.5 Å². The highest BCUT2D eigenvalue weighted by Gasteiger charge is 2.42. The standard InChI is InChI=1S/C26H30N4O4S/c1-6-22(24(31)28-19-12-11-16(33-4)14-21(19)34-5)35-26-29-18-10-8-7-9-17(18)23-27-20(13-15(2)3)25(32)30(23)26/h7-12,14-15,20,22H,6,13H2,1-5H3,(H,28,31)/t20-,22-/m0/s1. The summed E-state index contributed by atoms with van der Waals surface area (Å²) in [7, 11) is 3.11. The van der Waals surface area contributed by atoms with E-state index in [0.717, 1.165) is 11.3 Å². The summed E-state index contributed by atoms with van der Waals surface area (Å²) >= 11 is 1.28. The van der Waals surface area contributed by atoms with Gasteiger partial charge in [0.15, 0.2) is 5.17 Å². The number of carbonyl (C=O) groups is 2. The minimum atomic E-state index is -0.482. The zero-order chi connectivity index (χ0) is 25.1. The first kappa shape index (κ1) is 24.8. The molecule has 0 radical (unpaired) electrons. The van der Waals surface area contributed by atoms with E-state index in [2.05, 4.69) is 19.2 Å². The lowest BCUT2D eigenvalue weighted by molar-refractivity contribution is -0.125. The normalized spacial score (nSPS) is 17.4. The number of methoxy groups -OCH3 is 2. The predicted octanol–water partition coefficient (Wildman–Crippen LogP) is 4.86. The van der Waals surface area contributed by atoms with E-state index in [9.17, 15) is 9.59 Å². The molecule has 8 nitrogen and oxygen atoms in total. The maximum atomic E-state index is 13.4. The van der Waals surface area contributed by atoms with Crippen LogP contribution in [0.15, 0.2) is 52.4 Å². The third kappa shape index (κ3) is 5.05. The Balaban J connectivity index is 1.60. The van der Waals surface area contributed by atoms with Crippen molar-refractivity contribution in [2.24, 2.45) is 15.9 Å². The summed E-state index contributed by atoms with van der Waals surface area (Å²) in [5.41, 5.74) is 2.12. The van der Waals surface area contributed by atoms with Crippen LogP contribution in [0.25, 0.3) is 0 Å². The average molecular weight is 495 g/mol. The molecule has 0 unspecified atom stereocenters. The Morgan fingerprint density at radius 1 is 1.17 bits per heavy atom. The van der Waals surface area contributed by atoms with E-state index in [1.54, 1.807) is 30.2 Å². The molecule has 2 amide bonds. The highest BCUT2D eigenvalue weighted by molar-refractivity contribution is 8.15. The number of aliphatic imine (C=N–C) groups is 2. The van der Waals surface area contributed by atoms with Crippen molar-refractivity contribution in [3.8, 4) is 11.5 Å². The molecule has 2 atom stereocenters. The van der Waals surface area contributed by atoms with E-state index < -0.39 is 11.3 Å². The molecule has 0 fully saturated rings. The van der Waals surface area contributed by atoms with Crippen LogP contribution < -0.4 is 14.8 Å². The van der Waals surface area contributed by atoms with Gasteiger partial charge in [-0.15, -0.1) is 0 Å². The maximum Gasteiger partial charge on any atom is 0.259 e. The van der Waals surface area contributed by atoms with Crippen molar-refractivity contribution in [1.29, 1.82) is 0 Å². The number of hydrogen-bond acceptors (Lipinski definition) is 7. The van der Waals surface area contributed by atoms with E-state index in [1.807, 2.05) is 31.2 Å². The molecule has 0 aliphatic carbocycles. The average Bonchev–Trinajstić information content (AvgIpc) is 3.18. The quantitative estimate of drug-likeness (QED) is 0.566. The predicted molar refractivity (Wildman–Crippen MR) is 140 cm³/mol. The van der Waals surface area contributed by atoms with Gasteiger partial charge in [-0.3, -0.25) is 14.6 Å². The van der Waals surface area contributed by atoms with Gasteiger partial charge in [0.1, 0.15) is 23.4 Å². The Morgan fingerprint density at radius 2 is 1.94 bits per heavy atom. The molecule has 4 rings (SSSR count). The Morgan fingerprint density at radius 3 is 2.63 bits per heavy atom. The minimum Gasteiger partial charge on any atom is -0.497 e. The molecule has 9 heteroatoms. The Labute approximate surface area is 209 Å². The zero-order valence-electron chi connectivity index (χ0n) is 20.6. The molecule has 2 aromatic rings. The number of nitrogens with zero attached hydrogens (tertiary/aromatic N) is 3. The van der Waals surface area contributed by atoms with Crippen molar-refractivity contribution in [1.82, 2.24) is 4.90 Å². The fraction of sp³-hybridized carbons (Fsp3) is 0.385. The number of ether oxygens (including phenoxy) is 2. The first-order chi connectivity index (χ1) is 16.9. The molecule has 0 aromatic heterocycles. The van der Waals surface area contributed by atoms with Crippen LogP contribution >= 0.6 is 11.8 Å². The first-order valence-electron chi connectivity index (χ1n) is 11.7. The van der Waals surface area contributed by atoms with Crippen LogP contribution in [0.1, 0.15) is 39.2 Å². The lowest BCUT2D eigenvalue weighted by atomic mass is 10.0. The third-order valence-corrected chi connectivity index (χ3v) is 7.14. The van der Waals surface area contributed by atoms with Crippen molar-refractivity contribution < 1.29 is 19.1 Å². The highest BCUT2D eigenvalue weighted by atomic mass is 32.2. The van der Waals surface area contributed by atoms with Gasteiger partial charge in [0.05, 0.1) is 30.8 Å². The SMILES string of the molecule is CC[C@H](SC1=Nc2ccccc2C2=N[C@@H](CC(C)C)C(=O)N12)C(=O)Nc1ccc(OC)cc1OC. The van der Waals surface area contributed by atoms with Crippen LogP contribution in [0.5, 0.6) is 11.5 Å². The first-order valence-corrected chi connectivity index (χ1v) is 12.5. The summed E-state index contributed by atoms with van der Waals surface area (Å²) in [6.45, 7) is 6.09. The lowest BCUT2D eigenvalue weighted by Gasteiger charge is -2.27. The van der Waals surface area contributed by atoms with E-state index in [4.69, 9.17) is 19.5 Å². The van der Waals surface area contributed by atoms with Gasteiger partial charge in [-0.2, -0.15) is 0 Å². The number of anilines is 1. The number of carbonyl (C=O) groups excluding carboxylic acids is 2. The van der Waals surface area contributed by atoms with Gasteiger partial charge in [-0.1, -0.05) is 44.7 Å². The van der Waals surface area contributed by atoms with E-state index in [-0.39, 0.29) is 11.8 Å². The summed E-state index contributed by atoms with van der Waals surface area (Å²) in [5.74, 6) is 1.77. The summed E-state index contributed by atoms with van der Waals surface area (Å²) in [6.07, 6.45) is 1.20. The molecule has 2 heterocycles. The van der Waals surface area contributed by atoms with Crippen molar-refractivity contribution in [3.63, 3.8) is 0 Å². The Hall–Kier alpha value is -3.33. The van der Waals surface area contributed by atoms with Crippen molar-refractivity contribution in [3.05, 3.63) is 48.0 Å². The summed E-state index contributed by atoms with van der Waals surface area (Å²) in [6, 6.07) is 12.4. The molecular formula is C26H30N4O4S. The van der Waals surface area contributed by atoms with Crippen molar-refractivity contribution in [2.45, 2.75) is 44.9 Å². The van der Waals surface area contributed by atoms with E-state index >= 15 is 0 Å². The van der Waals surface area contributed by atoms with Gasteiger partial charge < -0.3 is 14.8 Å². The molecular weight excluding hydrogens is 464 g/mol. The Kier molecular flexibility index (Phi) is 7.45. The van der Waals surface area contributed by atoms with E-state index in [1.165, 1.54) is 18.9 Å². The smallest absolute Gasteiger partial charge is 0.259 e. The molecule has 2 aromatic carbocycles. The number of hydrogen-bond donors (Lipinski definition) is 1. The number of fused-ring (bicyclic) bond motifs is 3. The second kappa shape index (κ2) is 10.5. The van der Waals surface area contributed by atoms with Crippen LogP contribution in [0.3, 0.4) is 0 Å². The van der Waals surface area contributed by atoms with Crippen LogP contribution in [-0.4, -0.2) is 53.2 Å². The molecule has 2 aliphatic heterocycles. The third-order valence-electron chi connectivity index (χ3n) is 5.82. The second-order valence-corrected chi connectivity index (χ2v) is 9.92. The topological polar surface area (TPSA) is 92.6 Å². The lowest BCUT2D eigenvalue weighted by Crippen LogP contribution is -2.42. The molecule has 0 spiro atoms. The van der Waals surface area contributed by atoms with Crippen LogP contribution in [0.4, 0.5) is 11.4 Å². The molecule has 184 valence electrons. The van der Waals surface area contributed by atoms with Crippen LogP contribution in [0, 0.1) is 5.92 Å². The second-order valence-electron chi connectivity index (χ2n) is 8.75. The fourth-order valence-electron chi connectivity index (χ4n) is 4.05. The molecule has 0 bridgehead atoms. The van der Waals surface area contributed by atoms with Gasteiger partial charge >= 0.3 is 0 Å². The largest absolute Gasteiger partial charge is 0.497 e. The number of thioether (sulfide) groups is 1. The van der Waals surface area contributed by atoms with Crippen molar-refractivity contribution >= 4 is 46.0 Å². The highest BCUT2D eigenvalue weighted by Crippen LogP contribution is 2.37. The number of para-hydroxylation sites is 1. The minimum absolute atomic E-state index is 0.0958. The van der Waals surface area contributed by atoms with Gasteiger partial charge in [0, 0.05) is 11.6 Å². The monoisotopic (exact) mass is 494 g/mol. The zero-order valence-corrected chi connectivity index (χ0v) is 21.4. The van der Waals surface area contributed by atoms with Gasteiger partial charge in [0.2, 0.25) is 5.91 Å². The van der Waals surface area contributed by atoms with E-state index in [0.29, 0.717) is 46.9 Å². The molecule has 0 saturated carbocycles. The number of amides is 2. The van der Waals surface area contributed by atoms with Crippen LogP contribution in [0.2, 0.25) is 0 Å². The van der Waals surface area contributed by atoms with Gasteiger partial charge in [0.25, 0.3) is 5.91 Å². The summed E-state index contributed by atoms with van der Waals surface area (Å²) < 4.78 is 10.6. The summed E-state index contributed by atoms with van der Waals surface area (Å²) in [5, 5.41) is 2.94. The molecule has 2 aliphatic rings. The summed E-state index contributed by atoms with van der Waals surface area (Å²) in [4.78, 5) is 37.8.